The van der Waals surface area contributed by atoms with Gasteiger partial charge in [-0.15, -0.1) is 0 Å². The second kappa shape index (κ2) is 4.51. The standard InChI is InChI=1S/C12H12F3N3O/c1-19-11-9(15)5-10(16)12(17,18-11)6-2-7(13)4-8(14)3-6/h2-5,18H,16-17H2,1H3. The molecule has 1 aromatic rings. The third kappa shape index (κ3) is 2.24. The zero-order valence-corrected chi connectivity index (χ0v) is 10.0. The fourth-order valence-electron chi connectivity index (χ4n) is 1.80. The number of methoxy groups -OCH3 is 1. The van der Waals surface area contributed by atoms with E-state index in [1.807, 2.05) is 0 Å². The number of benzene rings is 1. The van der Waals surface area contributed by atoms with Crippen LogP contribution in [0.4, 0.5) is 13.2 Å². The maximum Gasteiger partial charge on any atom is 0.225 e. The molecule has 0 radical (unpaired) electrons. The van der Waals surface area contributed by atoms with E-state index >= 15 is 0 Å². The summed E-state index contributed by atoms with van der Waals surface area (Å²) in [6.45, 7) is 0. The van der Waals surface area contributed by atoms with E-state index in [0.29, 0.717) is 6.07 Å². The van der Waals surface area contributed by atoms with Gasteiger partial charge in [0.2, 0.25) is 5.88 Å². The molecule has 1 heterocycles. The molecule has 0 saturated carbocycles. The Morgan fingerprint density at radius 3 is 2.26 bits per heavy atom. The third-order valence-corrected chi connectivity index (χ3v) is 2.79. The highest BCUT2D eigenvalue weighted by Crippen LogP contribution is 2.29. The molecule has 0 saturated heterocycles. The Balaban J connectivity index is 2.52. The molecule has 0 fully saturated rings. The maximum absolute atomic E-state index is 13.4. The lowest BCUT2D eigenvalue weighted by atomic mass is 9.94. The lowest BCUT2D eigenvalue weighted by molar-refractivity contribution is 0.210. The number of nitrogens with one attached hydrogen (secondary N) is 1. The largest absolute Gasteiger partial charge is 0.480 e. The predicted molar refractivity (Wildman–Crippen MR) is 62.8 cm³/mol. The van der Waals surface area contributed by atoms with Gasteiger partial charge in [-0.05, 0) is 12.1 Å². The second-order valence-electron chi connectivity index (χ2n) is 4.07. The van der Waals surface area contributed by atoms with Crippen LogP contribution in [0.15, 0.2) is 41.7 Å². The van der Waals surface area contributed by atoms with E-state index in [-0.39, 0.29) is 17.1 Å². The van der Waals surface area contributed by atoms with Gasteiger partial charge >= 0.3 is 0 Å². The summed E-state index contributed by atoms with van der Waals surface area (Å²) in [6, 6.07) is 2.71. The summed E-state index contributed by atoms with van der Waals surface area (Å²) in [5.41, 5.74) is 9.86. The first kappa shape index (κ1) is 13.3. The normalized spacial score (nSPS) is 22.9. The molecule has 4 nitrogen and oxygen atoms in total. The van der Waals surface area contributed by atoms with Crippen molar-refractivity contribution in [1.82, 2.24) is 5.32 Å². The fraction of sp³-hybridized carbons (Fsp3) is 0.167. The molecule has 1 aliphatic heterocycles. The highest BCUT2D eigenvalue weighted by molar-refractivity contribution is 5.40. The van der Waals surface area contributed by atoms with Gasteiger partial charge in [0.05, 0.1) is 12.8 Å². The average molecular weight is 271 g/mol. The summed E-state index contributed by atoms with van der Waals surface area (Å²) in [5.74, 6) is -2.65. The molecule has 0 bridgehead atoms. The van der Waals surface area contributed by atoms with Gasteiger partial charge in [-0.2, -0.15) is 0 Å². The molecule has 19 heavy (non-hydrogen) atoms. The molecular formula is C12H12F3N3O. The minimum Gasteiger partial charge on any atom is -0.480 e. The van der Waals surface area contributed by atoms with Gasteiger partial charge < -0.3 is 15.8 Å². The Bertz CT molecular complexity index is 565. The van der Waals surface area contributed by atoms with E-state index in [0.717, 1.165) is 18.2 Å². The smallest absolute Gasteiger partial charge is 0.225 e. The van der Waals surface area contributed by atoms with Gasteiger partial charge in [0.25, 0.3) is 0 Å². The molecule has 0 spiro atoms. The van der Waals surface area contributed by atoms with Gasteiger partial charge in [-0.3, -0.25) is 5.73 Å². The van der Waals surface area contributed by atoms with Crippen molar-refractivity contribution in [3.05, 3.63) is 58.9 Å². The molecule has 1 atom stereocenters. The van der Waals surface area contributed by atoms with Crippen LogP contribution in [0.2, 0.25) is 0 Å². The fourth-order valence-corrected chi connectivity index (χ4v) is 1.80. The van der Waals surface area contributed by atoms with Crippen molar-refractivity contribution >= 4 is 0 Å². The summed E-state index contributed by atoms with van der Waals surface area (Å²) in [4.78, 5) is 0. The SMILES string of the molecule is COC1=C(F)C=C(N)C(N)(c2cc(F)cc(F)c2)N1. The Morgan fingerprint density at radius 1 is 1.16 bits per heavy atom. The number of halogens is 3. The number of ether oxygens (including phenoxy) is 1. The van der Waals surface area contributed by atoms with Crippen molar-refractivity contribution in [1.29, 1.82) is 0 Å². The molecule has 0 aliphatic carbocycles. The Kier molecular flexibility index (Phi) is 3.15. The van der Waals surface area contributed by atoms with Crippen LogP contribution in [0.25, 0.3) is 0 Å². The minimum atomic E-state index is -1.65. The van der Waals surface area contributed by atoms with E-state index in [2.05, 4.69) is 5.32 Å². The van der Waals surface area contributed by atoms with Crippen molar-refractivity contribution in [2.24, 2.45) is 11.5 Å². The number of rotatable bonds is 2. The summed E-state index contributed by atoms with van der Waals surface area (Å²) in [5, 5.41) is 2.48. The van der Waals surface area contributed by atoms with Crippen molar-refractivity contribution in [2.45, 2.75) is 5.66 Å². The summed E-state index contributed by atoms with van der Waals surface area (Å²) >= 11 is 0. The molecule has 2 rings (SSSR count). The van der Waals surface area contributed by atoms with Crippen LogP contribution in [0, 0.1) is 11.6 Å². The van der Waals surface area contributed by atoms with E-state index in [9.17, 15) is 13.2 Å². The number of nitrogens with two attached hydrogens (primary N) is 2. The van der Waals surface area contributed by atoms with Crippen LogP contribution in [0.1, 0.15) is 5.56 Å². The van der Waals surface area contributed by atoms with E-state index in [1.54, 1.807) is 0 Å². The maximum atomic E-state index is 13.4. The Morgan fingerprint density at radius 2 is 1.74 bits per heavy atom. The molecule has 0 aromatic heterocycles. The van der Waals surface area contributed by atoms with Crippen LogP contribution in [-0.2, 0) is 10.4 Å². The van der Waals surface area contributed by atoms with Crippen molar-refractivity contribution < 1.29 is 17.9 Å². The lowest BCUT2D eigenvalue weighted by Crippen LogP contribution is -2.55. The minimum absolute atomic E-state index is 0.0146. The second-order valence-corrected chi connectivity index (χ2v) is 4.07. The monoisotopic (exact) mass is 271 g/mol. The van der Waals surface area contributed by atoms with Gasteiger partial charge in [-0.1, -0.05) is 0 Å². The Hall–Kier alpha value is -2.15. The van der Waals surface area contributed by atoms with Gasteiger partial charge in [0.1, 0.15) is 11.6 Å². The van der Waals surface area contributed by atoms with Gasteiger partial charge in [0.15, 0.2) is 11.5 Å². The third-order valence-electron chi connectivity index (χ3n) is 2.79. The molecule has 5 N–H and O–H groups in total. The molecule has 1 unspecified atom stereocenters. The van der Waals surface area contributed by atoms with E-state index in [1.165, 1.54) is 7.11 Å². The van der Waals surface area contributed by atoms with Gasteiger partial charge in [-0.25, -0.2) is 13.2 Å². The first-order valence-corrected chi connectivity index (χ1v) is 5.32. The lowest BCUT2D eigenvalue weighted by Gasteiger charge is -2.35. The molecule has 7 heteroatoms. The quantitative estimate of drug-likeness (QED) is 0.758. The van der Waals surface area contributed by atoms with Crippen LogP contribution >= 0.6 is 0 Å². The highest BCUT2D eigenvalue weighted by Gasteiger charge is 2.36. The van der Waals surface area contributed by atoms with Crippen LogP contribution in [-0.4, -0.2) is 7.11 Å². The van der Waals surface area contributed by atoms with Crippen molar-refractivity contribution in [3.63, 3.8) is 0 Å². The Labute approximate surface area is 107 Å². The number of hydrogen-bond donors (Lipinski definition) is 3. The van der Waals surface area contributed by atoms with Crippen LogP contribution < -0.4 is 16.8 Å². The molecule has 102 valence electrons. The van der Waals surface area contributed by atoms with Crippen LogP contribution in [0.5, 0.6) is 0 Å². The van der Waals surface area contributed by atoms with E-state index in [4.69, 9.17) is 16.2 Å². The topological polar surface area (TPSA) is 73.3 Å². The summed E-state index contributed by atoms with van der Waals surface area (Å²) in [7, 11) is 1.23. The predicted octanol–water partition coefficient (Wildman–Crippen LogP) is 1.31. The molecular weight excluding hydrogens is 259 g/mol. The van der Waals surface area contributed by atoms with E-state index < -0.39 is 23.1 Å². The molecule has 0 amide bonds. The van der Waals surface area contributed by atoms with Crippen molar-refractivity contribution in [3.8, 4) is 0 Å². The first-order valence-electron chi connectivity index (χ1n) is 5.32. The summed E-state index contributed by atoms with van der Waals surface area (Å²) < 4.78 is 44.7. The number of allylic oxidation sites excluding steroid dienone is 2. The molecule has 1 aromatic carbocycles. The molecule has 1 aliphatic rings. The zero-order chi connectivity index (χ0) is 14.2. The zero-order valence-electron chi connectivity index (χ0n) is 10.0. The van der Waals surface area contributed by atoms with Gasteiger partial charge in [0, 0.05) is 17.7 Å². The first-order chi connectivity index (χ1) is 8.86. The van der Waals surface area contributed by atoms with Crippen molar-refractivity contribution in [2.75, 3.05) is 7.11 Å². The number of hydrogen-bond acceptors (Lipinski definition) is 4. The average Bonchev–Trinajstić information content (AvgIpc) is 2.32. The number of dihydropyridines is 1. The summed E-state index contributed by atoms with van der Waals surface area (Å²) in [6.07, 6.45) is 0.943. The van der Waals surface area contributed by atoms with Crippen LogP contribution in [0.3, 0.4) is 0 Å². The highest BCUT2D eigenvalue weighted by atomic mass is 19.1.